The van der Waals surface area contributed by atoms with Gasteiger partial charge >= 0.3 is 0 Å². The van der Waals surface area contributed by atoms with Crippen molar-refractivity contribution in [3.63, 3.8) is 0 Å². The molecule has 1 aromatic rings. The lowest BCUT2D eigenvalue weighted by Gasteiger charge is -2.22. The van der Waals surface area contributed by atoms with Gasteiger partial charge in [0, 0.05) is 13.1 Å². The minimum Gasteiger partial charge on any atom is -0.496 e. The van der Waals surface area contributed by atoms with Gasteiger partial charge in [-0.2, -0.15) is 0 Å². The Morgan fingerprint density at radius 3 is 2.67 bits per heavy atom. The van der Waals surface area contributed by atoms with Crippen LogP contribution in [0.5, 0.6) is 5.75 Å². The third kappa shape index (κ3) is 3.66. The molecule has 4 nitrogen and oxygen atoms in total. The Bertz CT molecular complexity index is 399. The van der Waals surface area contributed by atoms with E-state index in [2.05, 4.69) is 0 Å². The Morgan fingerprint density at radius 1 is 1.44 bits per heavy atom. The standard InChI is InChI=1S/C12H16F2N2O2/c1-18-10-5-3-2-4-9(10)12(17)16(7-6-15)8-11(13)14/h2-5,11H,6-8,15H2,1H3. The first-order valence-electron chi connectivity index (χ1n) is 5.50. The first kappa shape index (κ1) is 14.4. The van der Waals surface area contributed by atoms with E-state index in [1.54, 1.807) is 18.2 Å². The minimum absolute atomic E-state index is 0.0845. The normalized spacial score (nSPS) is 10.5. The highest BCUT2D eigenvalue weighted by Gasteiger charge is 2.21. The number of rotatable bonds is 6. The van der Waals surface area contributed by atoms with Crippen molar-refractivity contribution in [3.8, 4) is 5.75 Å². The Kier molecular flexibility index (Phi) is 5.51. The molecule has 1 amide bonds. The predicted molar refractivity (Wildman–Crippen MR) is 64.0 cm³/mol. The molecule has 18 heavy (non-hydrogen) atoms. The van der Waals surface area contributed by atoms with Gasteiger partial charge in [-0.25, -0.2) is 8.78 Å². The smallest absolute Gasteiger partial charge is 0.257 e. The Morgan fingerprint density at radius 2 is 2.11 bits per heavy atom. The van der Waals surface area contributed by atoms with Crippen molar-refractivity contribution in [1.29, 1.82) is 0 Å². The summed E-state index contributed by atoms with van der Waals surface area (Å²) >= 11 is 0. The predicted octanol–water partition coefficient (Wildman–Crippen LogP) is 1.36. The van der Waals surface area contributed by atoms with Gasteiger partial charge in [0.15, 0.2) is 0 Å². The number of methoxy groups -OCH3 is 1. The average Bonchev–Trinajstić information content (AvgIpc) is 2.37. The number of hydrogen-bond acceptors (Lipinski definition) is 3. The lowest BCUT2D eigenvalue weighted by atomic mass is 10.1. The maximum atomic E-state index is 12.4. The number of hydrogen-bond donors (Lipinski definition) is 1. The number of para-hydroxylation sites is 1. The first-order chi connectivity index (χ1) is 8.60. The molecule has 0 saturated heterocycles. The molecule has 0 aliphatic heterocycles. The van der Waals surface area contributed by atoms with E-state index in [0.29, 0.717) is 5.75 Å². The zero-order valence-electron chi connectivity index (χ0n) is 10.1. The van der Waals surface area contributed by atoms with Gasteiger partial charge in [0.25, 0.3) is 12.3 Å². The van der Waals surface area contributed by atoms with Gasteiger partial charge in [0.1, 0.15) is 5.75 Å². The summed E-state index contributed by atoms with van der Waals surface area (Å²) in [6.45, 7) is -0.414. The number of halogens is 2. The Labute approximate surface area is 104 Å². The van der Waals surface area contributed by atoms with Crippen molar-refractivity contribution >= 4 is 5.91 Å². The number of nitrogens with zero attached hydrogens (tertiary/aromatic N) is 1. The van der Waals surface area contributed by atoms with E-state index in [9.17, 15) is 13.6 Å². The zero-order valence-corrected chi connectivity index (χ0v) is 10.1. The molecule has 0 spiro atoms. The van der Waals surface area contributed by atoms with Crippen molar-refractivity contribution in [2.75, 3.05) is 26.7 Å². The second-order valence-corrected chi connectivity index (χ2v) is 3.63. The fourth-order valence-corrected chi connectivity index (χ4v) is 1.59. The van der Waals surface area contributed by atoms with Crippen molar-refractivity contribution in [3.05, 3.63) is 29.8 Å². The van der Waals surface area contributed by atoms with Gasteiger partial charge in [0.05, 0.1) is 19.2 Å². The fraction of sp³-hybridized carbons (Fsp3) is 0.417. The number of ether oxygens (including phenoxy) is 1. The quantitative estimate of drug-likeness (QED) is 0.838. The number of carbonyl (C=O) groups excluding carboxylic acids is 1. The summed E-state index contributed by atoms with van der Waals surface area (Å²) in [6.07, 6.45) is -2.59. The van der Waals surface area contributed by atoms with Crippen LogP contribution in [-0.2, 0) is 0 Å². The van der Waals surface area contributed by atoms with Gasteiger partial charge in [-0.1, -0.05) is 12.1 Å². The number of amides is 1. The summed E-state index contributed by atoms with van der Waals surface area (Å²) < 4.78 is 29.8. The van der Waals surface area contributed by atoms with Crippen LogP contribution in [0.25, 0.3) is 0 Å². The van der Waals surface area contributed by atoms with Crippen molar-refractivity contribution < 1.29 is 18.3 Å². The van der Waals surface area contributed by atoms with E-state index in [4.69, 9.17) is 10.5 Å². The fourth-order valence-electron chi connectivity index (χ4n) is 1.59. The van der Waals surface area contributed by atoms with Gasteiger partial charge in [-0.05, 0) is 12.1 Å². The zero-order chi connectivity index (χ0) is 13.5. The van der Waals surface area contributed by atoms with Crippen molar-refractivity contribution in [1.82, 2.24) is 4.90 Å². The van der Waals surface area contributed by atoms with Crippen LogP contribution < -0.4 is 10.5 Å². The van der Waals surface area contributed by atoms with Gasteiger partial charge < -0.3 is 15.4 Å². The Balaban J connectivity index is 2.94. The van der Waals surface area contributed by atoms with Crippen LogP contribution in [0.2, 0.25) is 0 Å². The largest absolute Gasteiger partial charge is 0.496 e. The van der Waals surface area contributed by atoms with E-state index in [0.717, 1.165) is 4.90 Å². The molecule has 0 radical (unpaired) electrons. The molecule has 2 N–H and O–H groups in total. The van der Waals surface area contributed by atoms with E-state index < -0.39 is 18.9 Å². The second kappa shape index (κ2) is 6.90. The van der Waals surface area contributed by atoms with E-state index in [1.807, 2.05) is 0 Å². The van der Waals surface area contributed by atoms with Crippen LogP contribution in [0, 0.1) is 0 Å². The third-order valence-electron chi connectivity index (χ3n) is 2.38. The summed E-state index contributed by atoms with van der Waals surface area (Å²) in [5.41, 5.74) is 5.58. The lowest BCUT2D eigenvalue weighted by Crippen LogP contribution is -2.38. The minimum atomic E-state index is -2.59. The summed E-state index contributed by atoms with van der Waals surface area (Å²) in [7, 11) is 1.42. The topological polar surface area (TPSA) is 55.6 Å². The monoisotopic (exact) mass is 258 g/mol. The summed E-state index contributed by atoms with van der Waals surface area (Å²) in [5, 5.41) is 0. The SMILES string of the molecule is COc1ccccc1C(=O)N(CCN)CC(F)F. The van der Waals surface area contributed by atoms with Crippen LogP contribution in [-0.4, -0.2) is 44.0 Å². The van der Waals surface area contributed by atoms with E-state index >= 15 is 0 Å². The number of alkyl halides is 2. The van der Waals surface area contributed by atoms with Crippen LogP contribution in [0.1, 0.15) is 10.4 Å². The van der Waals surface area contributed by atoms with Gasteiger partial charge in [-0.3, -0.25) is 4.79 Å². The lowest BCUT2D eigenvalue weighted by molar-refractivity contribution is 0.0560. The maximum absolute atomic E-state index is 12.4. The highest BCUT2D eigenvalue weighted by Crippen LogP contribution is 2.19. The molecule has 6 heteroatoms. The summed E-state index contributed by atoms with van der Waals surface area (Å²) in [4.78, 5) is 13.1. The van der Waals surface area contributed by atoms with Crippen LogP contribution in [0.3, 0.4) is 0 Å². The molecule has 0 heterocycles. The molecule has 1 rings (SSSR count). The van der Waals surface area contributed by atoms with E-state index in [1.165, 1.54) is 13.2 Å². The van der Waals surface area contributed by atoms with Crippen molar-refractivity contribution in [2.45, 2.75) is 6.43 Å². The molecule has 0 atom stereocenters. The third-order valence-corrected chi connectivity index (χ3v) is 2.38. The second-order valence-electron chi connectivity index (χ2n) is 3.63. The molecular formula is C12H16F2N2O2. The molecular weight excluding hydrogens is 242 g/mol. The number of benzene rings is 1. The van der Waals surface area contributed by atoms with E-state index in [-0.39, 0.29) is 18.7 Å². The Hall–Kier alpha value is -1.69. The highest BCUT2D eigenvalue weighted by molar-refractivity contribution is 5.97. The van der Waals surface area contributed by atoms with Crippen LogP contribution >= 0.6 is 0 Å². The molecule has 0 bridgehead atoms. The molecule has 100 valence electrons. The maximum Gasteiger partial charge on any atom is 0.257 e. The molecule has 0 aliphatic rings. The number of nitrogens with two attached hydrogens (primary N) is 1. The highest BCUT2D eigenvalue weighted by atomic mass is 19.3. The van der Waals surface area contributed by atoms with Crippen molar-refractivity contribution in [2.24, 2.45) is 5.73 Å². The molecule has 0 saturated carbocycles. The molecule has 0 aromatic heterocycles. The summed E-state index contributed by atoms with van der Waals surface area (Å²) in [5.74, 6) is -0.142. The first-order valence-corrected chi connectivity index (χ1v) is 5.50. The number of carbonyl (C=O) groups is 1. The van der Waals surface area contributed by atoms with Crippen LogP contribution in [0.15, 0.2) is 24.3 Å². The van der Waals surface area contributed by atoms with Gasteiger partial charge in [-0.15, -0.1) is 0 Å². The molecule has 0 fully saturated rings. The van der Waals surface area contributed by atoms with Gasteiger partial charge in [0.2, 0.25) is 0 Å². The summed E-state index contributed by atoms with van der Waals surface area (Å²) in [6, 6.07) is 6.50. The molecule has 0 unspecified atom stereocenters. The molecule has 0 aliphatic carbocycles. The average molecular weight is 258 g/mol. The molecule has 1 aromatic carbocycles. The van der Waals surface area contributed by atoms with Crippen LogP contribution in [0.4, 0.5) is 8.78 Å².